The first-order valence-electron chi connectivity index (χ1n) is 5.48. The number of aromatic nitrogens is 2. The molecule has 0 spiro atoms. The van der Waals surface area contributed by atoms with Gasteiger partial charge in [0, 0.05) is 24.1 Å². The molecule has 1 aromatic heterocycles. The highest BCUT2D eigenvalue weighted by atomic mass is 32.1. The van der Waals surface area contributed by atoms with E-state index < -0.39 is 0 Å². The Morgan fingerprint density at radius 2 is 2.18 bits per heavy atom. The van der Waals surface area contributed by atoms with Gasteiger partial charge in [0.05, 0.1) is 0 Å². The molecule has 0 saturated carbocycles. The van der Waals surface area contributed by atoms with Gasteiger partial charge in [0.25, 0.3) is 0 Å². The number of hydrogen-bond acceptors (Lipinski definition) is 5. The first kappa shape index (κ1) is 12.0. The van der Waals surface area contributed by atoms with Crippen LogP contribution in [0.25, 0.3) is 10.6 Å². The van der Waals surface area contributed by atoms with Gasteiger partial charge in [0.15, 0.2) is 0 Å². The Bertz CT molecular complexity index is 510. The van der Waals surface area contributed by atoms with Crippen molar-refractivity contribution in [3.63, 3.8) is 0 Å². The van der Waals surface area contributed by atoms with Crippen LogP contribution in [0.3, 0.4) is 0 Å². The summed E-state index contributed by atoms with van der Waals surface area (Å²) in [5, 5.41) is 22.9. The van der Waals surface area contributed by atoms with Crippen LogP contribution in [0.5, 0.6) is 5.75 Å². The molecular formula is C12H15N3OS. The third-order valence-electron chi connectivity index (χ3n) is 2.59. The molecule has 0 aliphatic heterocycles. The molecule has 0 amide bonds. The van der Waals surface area contributed by atoms with Crippen molar-refractivity contribution in [1.29, 1.82) is 0 Å². The van der Waals surface area contributed by atoms with Gasteiger partial charge < -0.3 is 10.4 Å². The highest BCUT2D eigenvalue weighted by Crippen LogP contribution is 2.30. The fraction of sp³-hybridized carbons (Fsp3) is 0.333. The number of phenols is 1. The first-order chi connectivity index (χ1) is 8.22. The van der Waals surface area contributed by atoms with Crippen LogP contribution >= 0.6 is 11.3 Å². The summed E-state index contributed by atoms with van der Waals surface area (Å²) in [5.41, 5.74) is 1.81. The summed E-state index contributed by atoms with van der Waals surface area (Å²) in [6.07, 6.45) is 0.881. The lowest BCUT2D eigenvalue weighted by molar-refractivity contribution is 0.471. The maximum atomic E-state index is 9.66. The van der Waals surface area contributed by atoms with Crippen LogP contribution in [-0.2, 0) is 6.42 Å². The number of phenolic OH excluding ortho intramolecular Hbond substituents is 1. The van der Waals surface area contributed by atoms with Crippen molar-refractivity contribution in [2.24, 2.45) is 0 Å². The van der Waals surface area contributed by atoms with Crippen LogP contribution in [0.1, 0.15) is 10.6 Å². The maximum absolute atomic E-state index is 9.66. The predicted molar refractivity (Wildman–Crippen MR) is 69.4 cm³/mol. The van der Waals surface area contributed by atoms with Gasteiger partial charge in [0.1, 0.15) is 15.8 Å². The Balaban J connectivity index is 2.27. The Morgan fingerprint density at radius 1 is 1.35 bits per heavy atom. The molecule has 1 heterocycles. The second kappa shape index (κ2) is 5.25. The summed E-state index contributed by atoms with van der Waals surface area (Å²) in [5.74, 6) is 0.300. The van der Waals surface area contributed by atoms with Crippen molar-refractivity contribution in [3.8, 4) is 16.3 Å². The Labute approximate surface area is 104 Å². The van der Waals surface area contributed by atoms with E-state index in [2.05, 4.69) is 15.5 Å². The molecule has 0 atom stereocenters. The largest absolute Gasteiger partial charge is 0.508 e. The smallest absolute Gasteiger partial charge is 0.148 e. The topological polar surface area (TPSA) is 58.0 Å². The monoisotopic (exact) mass is 249 g/mol. The molecule has 90 valence electrons. The van der Waals surface area contributed by atoms with Crippen molar-refractivity contribution in [3.05, 3.63) is 28.8 Å². The van der Waals surface area contributed by atoms with Crippen LogP contribution < -0.4 is 5.32 Å². The molecular weight excluding hydrogens is 234 g/mol. The lowest BCUT2D eigenvalue weighted by Crippen LogP contribution is -2.09. The van der Waals surface area contributed by atoms with Gasteiger partial charge in [0.2, 0.25) is 0 Å². The second-order valence-corrected chi connectivity index (χ2v) is 4.87. The third kappa shape index (κ3) is 2.62. The van der Waals surface area contributed by atoms with E-state index in [1.54, 1.807) is 17.4 Å². The van der Waals surface area contributed by atoms with E-state index in [4.69, 9.17) is 0 Å². The Kier molecular flexibility index (Phi) is 3.71. The molecule has 4 nitrogen and oxygen atoms in total. The number of likely N-dealkylation sites (N-methyl/N-ethyl adjacent to an activating group) is 1. The minimum absolute atomic E-state index is 0.300. The highest BCUT2D eigenvalue weighted by molar-refractivity contribution is 7.14. The Morgan fingerprint density at radius 3 is 2.94 bits per heavy atom. The minimum Gasteiger partial charge on any atom is -0.508 e. The van der Waals surface area contributed by atoms with Crippen LogP contribution in [-0.4, -0.2) is 28.9 Å². The summed E-state index contributed by atoms with van der Waals surface area (Å²) in [7, 11) is 1.92. The molecule has 0 unspecified atom stereocenters. The lowest BCUT2D eigenvalue weighted by atomic mass is 10.1. The zero-order chi connectivity index (χ0) is 12.3. The van der Waals surface area contributed by atoms with Crippen LogP contribution in [0.4, 0.5) is 0 Å². The summed E-state index contributed by atoms with van der Waals surface area (Å²) < 4.78 is 0. The van der Waals surface area contributed by atoms with Gasteiger partial charge in [-0.25, -0.2) is 0 Å². The van der Waals surface area contributed by atoms with E-state index in [9.17, 15) is 5.11 Å². The molecule has 17 heavy (non-hydrogen) atoms. The van der Waals surface area contributed by atoms with E-state index in [-0.39, 0.29) is 0 Å². The fourth-order valence-electron chi connectivity index (χ4n) is 1.55. The molecule has 0 aliphatic rings. The number of rotatable bonds is 4. The predicted octanol–water partition coefficient (Wildman–Crippen LogP) is 1.98. The zero-order valence-corrected chi connectivity index (χ0v) is 10.7. The standard InChI is InChI=1S/C12H15N3OS/c1-8-9(4-3-5-10(8)16)12-15-14-11(17-12)6-7-13-2/h3-5,13,16H,6-7H2,1-2H3. The van der Waals surface area contributed by atoms with Crippen molar-refractivity contribution in [2.45, 2.75) is 13.3 Å². The number of nitrogens with zero attached hydrogens (tertiary/aromatic N) is 2. The quantitative estimate of drug-likeness (QED) is 0.870. The van der Waals surface area contributed by atoms with Gasteiger partial charge in [-0.05, 0) is 20.0 Å². The molecule has 2 N–H and O–H groups in total. The van der Waals surface area contributed by atoms with Crippen molar-refractivity contribution in [1.82, 2.24) is 15.5 Å². The number of nitrogens with one attached hydrogen (secondary N) is 1. The number of aromatic hydroxyl groups is 1. The highest BCUT2D eigenvalue weighted by Gasteiger charge is 2.10. The second-order valence-electron chi connectivity index (χ2n) is 3.80. The van der Waals surface area contributed by atoms with E-state index in [0.717, 1.165) is 34.1 Å². The average Bonchev–Trinajstić information content (AvgIpc) is 2.78. The molecule has 0 radical (unpaired) electrons. The molecule has 0 aliphatic carbocycles. The van der Waals surface area contributed by atoms with Gasteiger partial charge in [-0.2, -0.15) is 0 Å². The normalized spacial score (nSPS) is 10.7. The van der Waals surface area contributed by atoms with Crippen molar-refractivity contribution in [2.75, 3.05) is 13.6 Å². The Hall–Kier alpha value is -1.46. The third-order valence-corrected chi connectivity index (χ3v) is 3.61. The number of hydrogen-bond donors (Lipinski definition) is 2. The van der Waals surface area contributed by atoms with E-state index in [1.165, 1.54) is 0 Å². The summed E-state index contributed by atoms with van der Waals surface area (Å²) in [6.45, 7) is 2.78. The van der Waals surface area contributed by atoms with Crippen LogP contribution in [0.15, 0.2) is 18.2 Å². The van der Waals surface area contributed by atoms with Gasteiger partial charge in [-0.3, -0.25) is 0 Å². The maximum Gasteiger partial charge on any atom is 0.148 e. The van der Waals surface area contributed by atoms with E-state index in [0.29, 0.717) is 5.75 Å². The van der Waals surface area contributed by atoms with Crippen LogP contribution in [0.2, 0.25) is 0 Å². The lowest BCUT2D eigenvalue weighted by Gasteiger charge is -2.02. The van der Waals surface area contributed by atoms with Crippen LogP contribution in [0, 0.1) is 6.92 Å². The molecule has 0 fully saturated rings. The zero-order valence-electron chi connectivity index (χ0n) is 9.90. The van der Waals surface area contributed by atoms with Gasteiger partial charge in [-0.15, -0.1) is 10.2 Å². The molecule has 5 heteroatoms. The van der Waals surface area contributed by atoms with E-state index >= 15 is 0 Å². The summed E-state index contributed by atoms with van der Waals surface area (Å²) >= 11 is 1.58. The number of benzene rings is 1. The SMILES string of the molecule is CNCCc1nnc(-c2cccc(O)c2C)s1. The molecule has 2 aromatic rings. The average molecular weight is 249 g/mol. The first-order valence-corrected chi connectivity index (χ1v) is 6.30. The van der Waals surface area contributed by atoms with Gasteiger partial charge in [-0.1, -0.05) is 23.5 Å². The van der Waals surface area contributed by atoms with Crippen molar-refractivity contribution >= 4 is 11.3 Å². The molecule has 0 bridgehead atoms. The fourth-order valence-corrected chi connectivity index (χ4v) is 2.47. The summed E-state index contributed by atoms with van der Waals surface area (Å²) in [6, 6.07) is 5.46. The van der Waals surface area contributed by atoms with Crippen molar-refractivity contribution < 1.29 is 5.11 Å². The molecule has 0 saturated heterocycles. The molecule has 2 rings (SSSR count). The van der Waals surface area contributed by atoms with Gasteiger partial charge >= 0.3 is 0 Å². The summed E-state index contributed by atoms with van der Waals surface area (Å²) in [4.78, 5) is 0. The molecule has 1 aromatic carbocycles. The minimum atomic E-state index is 0.300. The van der Waals surface area contributed by atoms with E-state index in [1.807, 2.05) is 26.1 Å².